The molecule has 2 N–H and O–H groups in total. The molecule has 10 heteroatoms. The standard InChI is InChI=1S/C26H46INO8/c27-9-5-1-2-6-10-29-11-12-30-13-14-31-15-16-32-17-18-33-19-20-34-21-22-35-23-24-36-26-8-4-3-7-25(26)28/h3-4,7-8H,1-2,5-6,9-24,28H2. The van der Waals surface area contributed by atoms with Gasteiger partial charge in [-0.3, -0.25) is 0 Å². The Morgan fingerprint density at radius 1 is 0.472 bits per heavy atom. The van der Waals surface area contributed by atoms with Crippen LogP contribution >= 0.6 is 22.6 Å². The van der Waals surface area contributed by atoms with Crippen LogP contribution in [0.3, 0.4) is 0 Å². The minimum Gasteiger partial charge on any atom is -0.489 e. The van der Waals surface area contributed by atoms with E-state index in [-0.39, 0.29) is 0 Å². The van der Waals surface area contributed by atoms with Crippen molar-refractivity contribution in [1.29, 1.82) is 0 Å². The molecular formula is C26H46INO8. The third-order valence-electron chi connectivity index (χ3n) is 4.81. The van der Waals surface area contributed by atoms with Crippen LogP contribution in [0.2, 0.25) is 0 Å². The van der Waals surface area contributed by atoms with Gasteiger partial charge in [-0.05, 0) is 29.4 Å². The van der Waals surface area contributed by atoms with Crippen LogP contribution in [-0.2, 0) is 33.2 Å². The van der Waals surface area contributed by atoms with Gasteiger partial charge in [-0.15, -0.1) is 0 Å². The second kappa shape index (κ2) is 27.3. The largest absolute Gasteiger partial charge is 0.489 e. The number of ether oxygens (including phenoxy) is 8. The van der Waals surface area contributed by atoms with Gasteiger partial charge in [0.1, 0.15) is 12.4 Å². The van der Waals surface area contributed by atoms with Crippen molar-refractivity contribution in [2.75, 3.05) is 109 Å². The number of hydrogen-bond donors (Lipinski definition) is 1. The normalized spacial score (nSPS) is 11.2. The highest BCUT2D eigenvalue weighted by Crippen LogP contribution is 2.19. The van der Waals surface area contributed by atoms with Crippen LogP contribution in [-0.4, -0.2) is 104 Å². The van der Waals surface area contributed by atoms with Gasteiger partial charge in [0.05, 0.1) is 91.6 Å². The molecule has 0 aliphatic carbocycles. The molecule has 1 rings (SSSR count). The summed E-state index contributed by atoms with van der Waals surface area (Å²) in [4.78, 5) is 0. The molecule has 36 heavy (non-hydrogen) atoms. The van der Waals surface area contributed by atoms with E-state index in [0.717, 1.165) is 13.0 Å². The average molecular weight is 628 g/mol. The molecular weight excluding hydrogens is 581 g/mol. The molecule has 0 atom stereocenters. The molecule has 0 aromatic heterocycles. The predicted molar refractivity (Wildman–Crippen MR) is 149 cm³/mol. The summed E-state index contributed by atoms with van der Waals surface area (Å²) < 4.78 is 45.2. The van der Waals surface area contributed by atoms with Gasteiger partial charge in [0.15, 0.2) is 0 Å². The van der Waals surface area contributed by atoms with Gasteiger partial charge in [-0.25, -0.2) is 0 Å². The number of alkyl halides is 1. The van der Waals surface area contributed by atoms with Gasteiger partial charge < -0.3 is 43.6 Å². The summed E-state index contributed by atoms with van der Waals surface area (Å²) in [6.07, 6.45) is 4.99. The summed E-state index contributed by atoms with van der Waals surface area (Å²) in [5.41, 5.74) is 6.43. The van der Waals surface area contributed by atoms with Crippen LogP contribution in [0.4, 0.5) is 5.69 Å². The lowest BCUT2D eigenvalue weighted by atomic mass is 10.2. The molecule has 0 saturated heterocycles. The second-order valence-electron chi connectivity index (χ2n) is 7.78. The fourth-order valence-electron chi connectivity index (χ4n) is 2.90. The smallest absolute Gasteiger partial charge is 0.142 e. The molecule has 1 aromatic carbocycles. The van der Waals surface area contributed by atoms with Gasteiger partial charge >= 0.3 is 0 Å². The average Bonchev–Trinajstić information content (AvgIpc) is 2.89. The number of unbranched alkanes of at least 4 members (excludes halogenated alkanes) is 3. The molecule has 0 amide bonds. The number of halogens is 1. The lowest BCUT2D eigenvalue weighted by Crippen LogP contribution is -2.15. The Labute approximate surface area is 230 Å². The Hall–Kier alpha value is -0.730. The summed E-state index contributed by atoms with van der Waals surface area (Å²) >= 11 is 2.42. The van der Waals surface area contributed by atoms with E-state index < -0.39 is 0 Å². The van der Waals surface area contributed by atoms with Crippen molar-refractivity contribution in [3.05, 3.63) is 24.3 Å². The van der Waals surface area contributed by atoms with Crippen LogP contribution in [0, 0.1) is 0 Å². The maximum Gasteiger partial charge on any atom is 0.142 e. The topological polar surface area (TPSA) is 99.9 Å². The minimum absolute atomic E-state index is 0.449. The van der Waals surface area contributed by atoms with E-state index in [1.54, 1.807) is 6.07 Å². The first kappa shape index (κ1) is 33.3. The van der Waals surface area contributed by atoms with E-state index in [4.69, 9.17) is 43.6 Å². The number of anilines is 1. The SMILES string of the molecule is Nc1ccccc1OCCOCCOCCOCCOCCOCCOCCOCCCCCCI. The molecule has 0 heterocycles. The zero-order valence-electron chi connectivity index (χ0n) is 21.7. The van der Waals surface area contributed by atoms with Crippen molar-refractivity contribution >= 4 is 28.3 Å². The van der Waals surface area contributed by atoms with Gasteiger partial charge in [-0.1, -0.05) is 47.6 Å². The maximum atomic E-state index is 5.81. The van der Waals surface area contributed by atoms with Crippen molar-refractivity contribution in [2.45, 2.75) is 25.7 Å². The van der Waals surface area contributed by atoms with E-state index in [2.05, 4.69) is 22.6 Å². The maximum absolute atomic E-state index is 5.81. The van der Waals surface area contributed by atoms with Gasteiger partial charge in [-0.2, -0.15) is 0 Å². The molecule has 210 valence electrons. The fraction of sp³-hybridized carbons (Fsp3) is 0.769. The Balaban J connectivity index is 1.66. The highest BCUT2D eigenvalue weighted by molar-refractivity contribution is 14.1. The molecule has 0 saturated carbocycles. The molecule has 0 bridgehead atoms. The van der Waals surface area contributed by atoms with Gasteiger partial charge in [0, 0.05) is 6.61 Å². The lowest BCUT2D eigenvalue weighted by Gasteiger charge is -2.09. The summed E-state index contributed by atoms with van der Waals surface area (Å²) in [5.74, 6) is 0.677. The molecule has 0 fully saturated rings. The first-order valence-corrected chi connectivity index (χ1v) is 14.4. The summed E-state index contributed by atoms with van der Waals surface area (Å²) in [6.45, 7) is 8.37. The quantitative estimate of drug-likeness (QED) is 0.0645. The van der Waals surface area contributed by atoms with Crippen molar-refractivity contribution < 1.29 is 37.9 Å². The van der Waals surface area contributed by atoms with Crippen molar-refractivity contribution in [2.24, 2.45) is 0 Å². The van der Waals surface area contributed by atoms with E-state index in [0.29, 0.717) is 104 Å². The van der Waals surface area contributed by atoms with Crippen LogP contribution in [0.25, 0.3) is 0 Å². The highest BCUT2D eigenvalue weighted by atomic mass is 127. The molecule has 0 aliphatic heterocycles. The van der Waals surface area contributed by atoms with Crippen molar-refractivity contribution in [3.8, 4) is 5.75 Å². The summed E-state index contributed by atoms with van der Waals surface area (Å²) in [6, 6.07) is 7.40. The molecule has 0 radical (unpaired) electrons. The number of hydrogen-bond acceptors (Lipinski definition) is 9. The number of benzene rings is 1. The van der Waals surface area contributed by atoms with Crippen LogP contribution in [0.1, 0.15) is 25.7 Å². The van der Waals surface area contributed by atoms with Crippen LogP contribution < -0.4 is 10.5 Å². The monoisotopic (exact) mass is 627 g/mol. The fourth-order valence-corrected chi connectivity index (χ4v) is 3.44. The molecule has 0 spiro atoms. The highest BCUT2D eigenvalue weighted by Gasteiger charge is 1.98. The third kappa shape index (κ3) is 22.5. The van der Waals surface area contributed by atoms with Gasteiger partial charge in [0.2, 0.25) is 0 Å². The van der Waals surface area contributed by atoms with Crippen LogP contribution in [0.15, 0.2) is 24.3 Å². The molecule has 9 nitrogen and oxygen atoms in total. The number of rotatable bonds is 28. The Bertz CT molecular complexity index is 585. The zero-order valence-corrected chi connectivity index (χ0v) is 23.8. The zero-order chi connectivity index (χ0) is 25.8. The molecule has 1 aromatic rings. The summed E-state index contributed by atoms with van der Waals surface area (Å²) in [7, 11) is 0. The van der Waals surface area contributed by atoms with E-state index >= 15 is 0 Å². The molecule has 0 unspecified atom stereocenters. The molecule has 0 aliphatic rings. The minimum atomic E-state index is 0.449. The Kier molecular flexibility index (Phi) is 25.3. The first-order chi connectivity index (χ1) is 17.8. The van der Waals surface area contributed by atoms with E-state index in [1.807, 2.05) is 18.2 Å². The van der Waals surface area contributed by atoms with Crippen molar-refractivity contribution in [1.82, 2.24) is 0 Å². The number of para-hydroxylation sites is 2. The first-order valence-electron chi connectivity index (χ1n) is 12.9. The van der Waals surface area contributed by atoms with Gasteiger partial charge in [0.25, 0.3) is 0 Å². The number of nitrogens with two attached hydrogens (primary N) is 1. The second-order valence-corrected chi connectivity index (χ2v) is 8.85. The lowest BCUT2D eigenvalue weighted by molar-refractivity contribution is -0.0212. The summed E-state index contributed by atoms with van der Waals surface area (Å²) in [5, 5.41) is 0. The Morgan fingerprint density at radius 3 is 1.31 bits per heavy atom. The van der Waals surface area contributed by atoms with Crippen LogP contribution in [0.5, 0.6) is 5.75 Å². The number of nitrogen functional groups attached to an aromatic ring is 1. The van der Waals surface area contributed by atoms with Crippen molar-refractivity contribution in [3.63, 3.8) is 0 Å². The predicted octanol–water partition coefficient (Wildman–Crippen LogP) is 3.76. The van der Waals surface area contributed by atoms with E-state index in [1.165, 1.54) is 23.7 Å². The van der Waals surface area contributed by atoms with E-state index in [9.17, 15) is 0 Å². The Morgan fingerprint density at radius 2 is 0.861 bits per heavy atom. The third-order valence-corrected chi connectivity index (χ3v) is 5.57.